The first-order chi connectivity index (χ1) is 4.95. The van der Waals surface area contributed by atoms with Crippen LogP contribution in [0.3, 0.4) is 0 Å². The molecule has 1 heteroatoms. The third-order valence-electron chi connectivity index (χ3n) is 2.33. The summed E-state index contributed by atoms with van der Waals surface area (Å²) in [7, 11) is 0. The minimum absolute atomic E-state index is 0.534. The molecule has 1 unspecified atom stereocenters. The molecule has 4 rings (SSSR count). The second-order valence-corrected chi connectivity index (χ2v) is 2.88. The van der Waals surface area contributed by atoms with Crippen LogP contribution in [0.1, 0.15) is 23.6 Å². The molecule has 0 saturated heterocycles. The first kappa shape index (κ1) is 4.67. The molecule has 0 radical (unpaired) electrons. The van der Waals surface area contributed by atoms with E-state index in [1.807, 2.05) is 0 Å². The van der Waals surface area contributed by atoms with E-state index in [0.717, 1.165) is 0 Å². The lowest BCUT2D eigenvalue weighted by atomic mass is 10.1. The SMILES string of the molecule is c1ccc2c(c1)C1=NC2C1. The van der Waals surface area contributed by atoms with Crippen LogP contribution in [-0.4, -0.2) is 5.71 Å². The number of nitrogens with zero attached hydrogens (tertiary/aromatic N) is 1. The number of hydrogen-bond acceptors (Lipinski definition) is 1. The zero-order chi connectivity index (χ0) is 6.55. The van der Waals surface area contributed by atoms with E-state index < -0.39 is 0 Å². The van der Waals surface area contributed by atoms with Crippen LogP contribution in [0.5, 0.6) is 0 Å². The second kappa shape index (κ2) is 1.31. The van der Waals surface area contributed by atoms with E-state index in [2.05, 4.69) is 29.3 Å². The van der Waals surface area contributed by atoms with Crippen molar-refractivity contribution in [3.8, 4) is 0 Å². The molecule has 3 aliphatic rings. The summed E-state index contributed by atoms with van der Waals surface area (Å²) in [4.78, 5) is 4.42. The maximum atomic E-state index is 4.42. The predicted molar refractivity (Wildman–Crippen MR) is 40.3 cm³/mol. The van der Waals surface area contributed by atoms with Crippen molar-refractivity contribution >= 4 is 5.71 Å². The third kappa shape index (κ3) is 0.357. The Hall–Kier alpha value is -1.11. The zero-order valence-corrected chi connectivity index (χ0v) is 5.54. The molecule has 0 N–H and O–H groups in total. The van der Waals surface area contributed by atoms with Crippen molar-refractivity contribution in [2.45, 2.75) is 12.5 Å². The van der Waals surface area contributed by atoms with Crippen LogP contribution in [0.15, 0.2) is 29.3 Å². The maximum Gasteiger partial charge on any atom is 0.0814 e. The van der Waals surface area contributed by atoms with Crippen LogP contribution in [-0.2, 0) is 0 Å². The molecule has 2 aliphatic heterocycles. The second-order valence-electron chi connectivity index (χ2n) is 2.88. The topological polar surface area (TPSA) is 12.4 Å². The molecule has 0 fully saturated rings. The van der Waals surface area contributed by atoms with E-state index in [1.54, 1.807) is 0 Å². The standard InChI is InChI=1S/C9H7N/c1-2-4-7-6(3-1)8-5-9(7)10-8/h1-4,8H,5H2. The van der Waals surface area contributed by atoms with Gasteiger partial charge in [-0.1, -0.05) is 24.3 Å². The first-order valence-corrected chi connectivity index (χ1v) is 3.61. The number of aliphatic imine (C=N–C) groups is 1. The first-order valence-electron chi connectivity index (χ1n) is 3.61. The molecule has 48 valence electrons. The highest BCUT2D eigenvalue weighted by Gasteiger charge is 2.34. The number of benzene rings is 1. The van der Waals surface area contributed by atoms with Crippen LogP contribution >= 0.6 is 0 Å². The molecule has 0 aromatic heterocycles. The van der Waals surface area contributed by atoms with Gasteiger partial charge in [0.2, 0.25) is 0 Å². The predicted octanol–water partition coefficient (Wildman–Crippen LogP) is 1.93. The Bertz CT molecular complexity index is 325. The van der Waals surface area contributed by atoms with Gasteiger partial charge in [0.1, 0.15) is 0 Å². The Labute approximate surface area is 59.4 Å². The Morgan fingerprint density at radius 2 is 2.10 bits per heavy atom. The van der Waals surface area contributed by atoms with Gasteiger partial charge in [-0.25, -0.2) is 0 Å². The Kier molecular flexibility index (Phi) is 0.613. The molecule has 1 aliphatic carbocycles. The van der Waals surface area contributed by atoms with Crippen molar-refractivity contribution in [2.24, 2.45) is 4.99 Å². The monoisotopic (exact) mass is 129 g/mol. The average Bonchev–Trinajstić information content (AvgIpc) is 2.36. The minimum atomic E-state index is 0.534. The lowest BCUT2D eigenvalue weighted by Crippen LogP contribution is -2.04. The van der Waals surface area contributed by atoms with Gasteiger partial charge >= 0.3 is 0 Å². The molecule has 10 heavy (non-hydrogen) atoms. The summed E-state index contributed by atoms with van der Waals surface area (Å²) in [6, 6.07) is 9.06. The van der Waals surface area contributed by atoms with E-state index in [-0.39, 0.29) is 0 Å². The van der Waals surface area contributed by atoms with Crippen molar-refractivity contribution in [3.05, 3.63) is 35.4 Å². The summed E-state index contributed by atoms with van der Waals surface area (Å²) < 4.78 is 0. The molecule has 1 aromatic rings. The van der Waals surface area contributed by atoms with E-state index in [9.17, 15) is 0 Å². The van der Waals surface area contributed by atoms with Crippen molar-refractivity contribution in [1.29, 1.82) is 0 Å². The van der Waals surface area contributed by atoms with Gasteiger partial charge in [0.25, 0.3) is 0 Å². The van der Waals surface area contributed by atoms with Gasteiger partial charge in [0, 0.05) is 17.7 Å². The third-order valence-corrected chi connectivity index (χ3v) is 2.33. The van der Waals surface area contributed by atoms with E-state index in [0.29, 0.717) is 6.04 Å². The summed E-state index contributed by atoms with van der Waals surface area (Å²) in [5.74, 6) is 0. The summed E-state index contributed by atoms with van der Waals surface area (Å²) in [6.07, 6.45) is 1.19. The van der Waals surface area contributed by atoms with Crippen LogP contribution in [0.2, 0.25) is 0 Å². The Morgan fingerprint density at radius 1 is 1.30 bits per heavy atom. The van der Waals surface area contributed by atoms with Gasteiger partial charge in [-0.3, -0.25) is 4.99 Å². The highest BCUT2D eigenvalue weighted by atomic mass is 14.9. The Balaban J connectivity index is 2.37. The van der Waals surface area contributed by atoms with Crippen LogP contribution in [0, 0.1) is 0 Å². The number of hydrogen-bond donors (Lipinski definition) is 0. The molecular formula is C9H7N. The normalized spacial score (nSPS) is 25.2. The molecule has 2 heterocycles. The fourth-order valence-electron chi connectivity index (χ4n) is 1.77. The van der Waals surface area contributed by atoms with Crippen LogP contribution < -0.4 is 0 Å². The van der Waals surface area contributed by atoms with Crippen molar-refractivity contribution < 1.29 is 0 Å². The zero-order valence-electron chi connectivity index (χ0n) is 5.54. The van der Waals surface area contributed by atoms with E-state index >= 15 is 0 Å². The fraction of sp³-hybridized carbons (Fsp3) is 0.222. The van der Waals surface area contributed by atoms with Gasteiger partial charge in [-0.05, 0) is 5.56 Å². The van der Waals surface area contributed by atoms with Gasteiger partial charge in [-0.15, -0.1) is 0 Å². The lowest BCUT2D eigenvalue weighted by molar-refractivity contribution is 0.738. The van der Waals surface area contributed by atoms with Gasteiger partial charge in [0.05, 0.1) is 6.04 Å². The van der Waals surface area contributed by atoms with Gasteiger partial charge in [-0.2, -0.15) is 0 Å². The summed E-state index contributed by atoms with van der Waals surface area (Å²) in [5, 5.41) is 0. The summed E-state index contributed by atoms with van der Waals surface area (Å²) in [6.45, 7) is 0. The lowest BCUT2D eigenvalue weighted by Gasteiger charge is -2.09. The Morgan fingerprint density at radius 3 is 2.90 bits per heavy atom. The van der Waals surface area contributed by atoms with Crippen LogP contribution in [0.4, 0.5) is 0 Å². The van der Waals surface area contributed by atoms with Gasteiger partial charge < -0.3 is 0 Å². The summed E-state index contributed by atoms with van der Waals surface area (Å²) in [5.41, 5.74) is 4.16. The number of rotatable bonds is 0. The van der Waals surface area contributed by atoms with E-state index in [1.165, 1.54) is 23.3 Å². The highest BCUT2D eigenvalue weighted by molar-refractivity contribution is 6.09. The average molecular weight is 129 g/mol. The smallest absolute Gasteiger partial charge is 0.0814 e. The molecule has 0 saturated carbocycles. The molecule has 0 spiro atoms. The fourth-order valence-corrected chi connectivity index (χ4v) is 1.77. The van der Waals surface area contributed by atoms with E-state index in [4.69, 9.17) is 0 Å². The van der Waals surface area contributed by atoms with Crippen molar-refractivity contribution in [3.63, 3.8) is 0 Å². The molecule has 1 nitrogen and oxygen atoms in total. The minimum Gasteiger partial charge on any atom is -0.281 e. The molecule has 1 atom stereocenters. The maximum absolute atomic E-state index is 4.42. The highest BCUT2D eigenvalue weighted by Crippen LogP contribution is 2.42. The van der Waals surface area contributed by atoms with Crippen molar-refractivity contribution in [2.75, 3.05) is 0 Å². The molecule has 2 bridgehead atoms. The largest absolute Gasteiger partial charge is 0.281 e. The molecule has 1 aromatic carbocycles. The quantitative estimate of drug-likeness (QED) is 0.507. The van der Waals surface area contributed by atoms with Gasteiger partial charge in [0.15, 0.2) is 0 Å². The van der Waals surface area contributed by atoms with Crippen LogP contribution in [0.25, 0.3) is 0 Å². The summed E-state index contributed by atoms with van der Waals surface area (Å²) >= 11 is 0. The van der Waals surface area contributed by atoms with Crippen molar-refractivity contribution in [1.82, 2.24) is 0 Å². The molecule has 0 amide bonds. The molecular weight excluding hydrogens is 122 g/mol.